The fraction of sp³-hybridized carbons (Fsp3) is 0.500. The first-order chi connectivity index (χ1) is 9.16. The summed E-state index contributed by atoms with van der Waals surface area (Å²) in [6.45, 7) is 0.617. The SMILES string of the molecule is CN(CC1(O)CCCC1)c1ccc2nccnc2n1. The summed E-state index contributed by atoms with van der Waals surface area (Å²) in [5.74, 6) is 0.827. The Morgan fingerprint density at radius 2 is 1.95 bits per heavy atom. The van der Waals surface area contributed by atoms with E-state index in [0.29, 0.717) is 12.2 Å². The molecule has 100 valence electrons. The van der Waals surface area contributed by atoms with Crippen molar-refractivity contribution in [3.05, 3.63) is 24.5 Å². The standard InChI is InChI=1S/C14H18N4O/c1-18(10-14(19)6-2-3-7-14)12-5-4-11-13(17-12)16-9-8-15-11/h4-5,8-9,19H,2-3,6-7,10H2,1H3. The minimum absolute atomic E-state index is 0.562. The summed E-state index contributed by atoms with van der Waals surface area (Å²) >= 11 is 0. The summed E-state index contributed by atoms with van der Waals surface area (Å²) < 4.78 is 0. The van der Waals surface area contributed by atoms with Crippen molar-refractivity contribution < 1.29 is 5.11 Å². The summed E-state index contributed by atoms with van der Waals surface area (Å²) in [7, 11) is 1.96. The van der Waals surface area contributed by atoms with E-state index in [0.717, 1.165) is 37.0 Å². The first-order valence-corrected chi connectivity index (χ1v) is 6.68. The van der Waals surface area contributed by atoms with Gasteiger partial charge in [0.25, 0.3) is 0 Å². The van der Waals surface area contributed by atoms with Gasteiger partial charge in [0.05, 0.1) is 5.60 Å². The van der Waals surface area contributed by atoms with Crippen LogP contribution in [0.4, 0.5) is 5.82 Å². The number of hydrogen-bond acceptors (Lipinski definition) is 5. The average Bonchev–Trinajstić information content (AvgIpc) is 2.84. The van der Waals surface area contributed by atoms with Crippen LogP contribution in [0.25, 0.3) is 11.2 Å². The van der Waals surface area contributed by atoms with Gasteiger partial charge < -0.3 is 10.0 Å². The Kier molecular flexibility index (Phi) is 3.06. The maximum Gasteiger partial charge on any atom is 0.180 e. The molecule has 0 aliphatic heterocycles. The van der Waals surface area contributed by atoms with Crippen molar-refractivity contribution in [3.63, 3.8) is 0 Å². The van der Waals surface area contributed by atoms with Gasteiger partial charge in [0.15, 0.2) is 5.65 Å². The lowest BCUT2D eigenvalue weighted by atomic mass is 10.0. The van der Waals surface area contributed by atoms with E-state index in [2.05, 4.69) is 15.0 Å². The highest BCUT2D eigenvalue weighted by Gasteiger charge is 2.32. The van der Waals surface area contributed by atoms with Crippen molar-refractivity contribution in [1.82, 2.24) is 15.0 Å². The molecule has 5 nitrogen and oxygen atoms in total. The van der Waals surface area contributed by atoms with Crippen LogP contribution < -0.4 is 4.90 Å². The van der Waals surface area contributed by atoms with Gasteiger partial charge in [-0.25, -0.2) is 9.97 Å². The zero-order chi connectivity index (χ0) is 13.3. The molecule has 0 bridgehead atoms. The average molecular weight is 258 g/mol. The molecule has 0 saturated heterocycles. The Morgan fingerprint density at radius 1 is 1.21 bits per heavy atom. The number of aliphatic hydroxyl groups is 1. The molecule has 19 heavy (non-hydrogen) atoms. The largest absolute Gasteiger partial charge is 0.388 e. The zero-order valence-corrected chi connectivity index (χ0v) is 11.1. The summed E-state index contributed by atoms with van der Waals surface area (Å²) in [6.07, 6.45) is 7.29. The Labute approximate surface area is 112 Å². The molecule has 1 fully saturated rings. The van der Waals surface area contributed by atoms with Crippen molar-refractivity contribution in [2.24, 2.45) is 0 Å². The molecule has 2 heterocycles. The first-order valence-electron chi connectivity index (χ1n) is 6.68. The highest BCUT2D eigenvalue weighted by molar-refractivity contribution is 5.71. The molecule has 1 N–H and O–H groups in total. The van der Waals surface area contributed by atoms with E-state index in [-0.39, 0.29) is 0 Å². The molecule has 0 unspecified atom stereocenters. The van der Waals surface area contributed by atoms with Crippen LogP contribution in [0.2, 0.25) is 0 Å². The van der Waals surface area contributed by atoms with Crippen LogP contribution in [0.1, 0.15) is 25.7 Å². The minimum atomic E-state index is -0.562. The van der Waals surface area contributed by atoms with Gasteiger partial charge in [-0.3, -0.25) is 4.98 Å². The van der Waals surface area contributed by atoms with Crippen molar-refractivity contribution in [2.45, 2.75) is 31.3 Å². The highest BCUT2D eigenvalue weighted by Crippen LogP contribution is 2.30. The van der Waals surface area contributed by atoms with Gasteiger partial charge in [-0.2, -0.15) is 0 Å². The molecule has 0 amide bonds. The number of pyridine rings is 1. The van der Waals surface area contributed by atoms with Crippen molar-refractivity contribution in [1.29, 1.82) is 0 Å². The van der Waals surface area contributed by atoms with Gasteiger partial charge in [-0.15, -0.1) is 0 Å². The fourth-order valence-corrected chi connectivity index (χ4v) is 2.77. The number of nitrogens with zero attached hydrogens (tertiary/aromatic N) is 4. The van der Waals surface area contributed by atoms with Crippen molar-refractivity contribution >= 4 is 17.0 Å². The fourth-order valence-electron chi connectivity index (χ4n) is 2.77. The van der Waals surface area contributed by atoms with Gasteiger partial charge in [0.2, 0.25) is 0 Å². The Balaban J connectivity index is 1.83. The predicted octanol–water partition coefficient (Wildman–Crippen LogP) is 1.77. The maximum absolute atomic E-state index is 10.4. The molecule has 1 saturated carbocycles. The summed E-state index contributed by atoms with van der Waals surface area (Å²) in [6, 6.07) is 3.84. The molecular weight excluding hydrogens is 240 g/mol. The topological polar surface area (TPSA) is 62.1 Å². The zero-order valence-electron chi connectivity index (χ0n) is 11.1. The van der Waals surface area contributed by atoms with Gasteiger partial charge in [0.1, 0.15) is 11.3 Å². The summed E-state index contributed by atoms with van der Waals surface area (Å²) in [5, 5.41) is 10.4. The summed E-state index contributed by atoms with van der Waals surface area (Å²) in [5.41, 5.74) is 0.873. The van der Waals surface area contributed by atoms with E-state index < -0.39 is 5.60 Å². The third-order valence-electron chi connectivity index (χ3n) is 3.77. The quantitative estimate of drug-likeness (QED) is 0.909. The van der Waals surface area contributed by atoms with Crippen molar-refractivity contribution in [3.8, 4) is 0 Å². The third-order valence-corrected chi connectivity index (χ3v) is 3.77. The first kappa shape index (κ1) is 12.3. The van der Waals surface area contributed by atoms with Gasteiger partial charge >= 0.3 is 0 Å². The smallest absolute Gasteiger partial charge is 0.180 e. The molecule has 0 atom stereocenters. The molecule has 0 aromatic carbocycles. The van der Waals surface area contributed by atoms with Gasteiger partial charge in [0, 0.05) is 26.0 Å². The molecule has 1 aliphatic carbocycles. The number of fused-ring (bicyclic) bond motifs is 1. The lowest BCUT2D eigenvalue weighted by Gasteiger charge is -2.29. The minimum Gasteiger partial charge on any atom is -0.388 e. The molecule has 1 aliphatic rings. The predicted molar refractivity (Wildman–Crippen MR) is 74.0 cm³/mol. The van der Waals surface area contributed by atoms with Crippen LogP contribution in [0, 0.1) is 0 Å². The molecule has 3 rings (SSSR count). The second kappa shape index (κ2) is 4.74. The second-order valence-corrected chi connectivity index (χ2v) is 5.36. The van der Waals surface area contributed by atoms with Gasteiger partial charge in [-0.05, 0) is 25.0 Å². The van der Waals surface area contributed by atoms with Crippen LogP contribution in [0.15, 0.2) is 24.5 Å². The lowest BCUT2D eigenvalue weighted by Crippen LogP contribution is -2.39. The number of aromatic nitrogens is 3. The maximum atomic E-state index is 10.4. The van der Waals surface area contributed by atoms with E-state index in [1.165, 1.54) is 0 Å². The lowest BCUT2D eigenvalue weighted by molar-refractivity contribution is 0.0558. The number of rotatable bonds is 3. The van der Waals surface area contributed by atoms with Gasteiger partial charge in [-0.1, -0.05) is 12.8 Å². The molecule has 2 aromatic heterocycles. The Morgan fingerprint density at radius 3 is 2.74 bits per heavy atom. The van der Waals surface area contributed by atoms with Crippen LogP contribution in [0.5, 0.6) is 0 Å². The third kappa shape index (κ3) is 2.51. The molecular formula is C14H18N4O. The normalized spacial score (nSPS) is 17.8. The highest BCUT2D eigenvalue weighted by atomic mass is 16.3. The summed E-state index contributed by atoms with van der Waals surface area (Å²) in [4.78, 5) is 14.9. The number of anilines is 1. The number of likely N-dealkylation sites (N-methyl/N-ethyl adjacent to an activating group) is 1. The van der Waals surface area contributed by atoms with E-state index in [1.54, 1.807) is 12.4 Å². The molecule has 5 heteroatoms. The molecule has 2 aromatic rings. The monoisotopic (exact) mass is 258 g/mol. The van der Waals surface area contributed by atoms with E-state index in [9.17, 15) is 5.11 Å². The molecule has 0 radical (unpaired) electrons. The van der Waals surface area contributed by atoms with E-state index in [4.69, 9.17) is 0 Å². The Hall–Kier alpha value is -1.75. The number of hydrogen-bond donors (Lipinski definition) is 1. The van der Waals surface area contributed by atoms with Crippen LogP contribution in [-0.4, -0.2) is 39.3 Å². The van der Waals surface area contributed by atoms with E-state index >= 15 is 0 Å². The molecule has 0 spiro atoms. The van der Waals surface area contributed by atoms with E-state index in [1.807, 2.05) is 24.1 Å². The van der Waals surface area contributed by atoms with Crippen LogP contribution in [0.3, 0.4) is 0 Å². The van der Waals surface area contributed by atoms with Crippen LogP contribution in [-0.2, 0) is 0 Å². The Bertz CT molecular complexity index is 580. The second-order valence-electron chi connectivity index (χ2n) is 5.36. The van der Waals surface area contributed by atoms with Crippen molar-refractivity contribution in [2.75, 3.05) is 18.5 Å². The van der Waals surface area contributed by atoms with Crippen LogP contribution >= 0.6 is 0 Å².